The van der Waals surface area contributed by atoms with Crippen molar-refractivity contribution in [1.29, 1.82) is 0 Å². The molecule has 2 aliphatic rings. The van der Waals surface area contributed by atoms with Gasteiger partial charge in [0, 0.05) is 0 Å². The van der Waals surface area contributed by atoms with E-state index in [2.05, 4.69) is 136 Å². The number of hydrogen-bond donors (Lipinski definition) is 0. The molecule has 6 aromatic carbocycles. The Labute approximate surface area is 406 Å². The summed E-state index contributed by atoms with van der Waals surface area (Å²) in [6.45, 7) is 9.91. The van der Waals surface area contributed by atoms with Gasteiger partial charge in [-0.25, -0.2) is 9.59 Å². The Bertz CT molecular complexity index is 2860. The molecule has 0 amide bonds. The summed E-state index contributed by atoms with van der Waals surface area (Å²) in [7, 11) is 0. The highest BCUT2D eigenvalue weighted by atomic mass is 19.4. The maximum atomic E-state index is 12.8. The van der Waals surface area contributed by atoms with Crippen LogP contribution in [0.3, 0.4) is 0 Å². The lowest BCUT2D eigenvalue weighted by atomic mass is 9.79. The number of benzene rings is 6. The van der Waals surface area contributed by atoms with Gasteiger partial charge >= 0.3 is 24.3 Å². The predicted octanol–water partition coefficient (Wildman–Crippen LogP) is 15.5. The lowest BCUT2D eigenvalue weighted by Crippen LogP contribution is -2.25. The third-order valence-corrected chi connectivity index (χ3v) is 14.6. The monoisotopic (exact) mass is 958 g/mol. The summed E-state index contributed by atoms with van der Waals surface area (Å²) in [5.74, 6) is -1.77. The van der Waals surface area contributed by atoms with Gasteiger partial charge in [-0.3, -0.25) is 0 Å². The van der Waals surface area contributed by atoms with Crippen LogP contribution in [0.25, 0.3) is 32.7 Å². The molecule has 8 rings (SSSR count). The molecule has 0 saturated heterocycles. The van der Waals surface area contributed by atoms with E-state index in [1.54, 1.807) is 0 Å². The number of aryl methyl sites for hydroxylation is 2. The second-order valence-corrected chi connectivity index (χ2v) is 20.0. The minimum Gasteiger partial charge on any atom is -0.462 e. The Morgan fingerprint density at radius 2 is 0.914 bits per heavy atom. The highest BCUT2D eigenvalue weighted by molar-refractivity contribution is 6.07. The molecule has 0 unspecified atom stereocenters. The molecular weight excluding hydrogens is 899 g/mol. The number of ether oxygens (including phenoxy) is 2. The molecule has 2 saturated carbocycles. The first-order valence-corrected chi connectivity index (χ1v) is 24.4. The van der Waals surface area contributed by atoms with Gasteiger partial charge in [0.05, 0.1) is 13.2 Å². The lowest BCUT2D eigenvalue weighted by Gasteiger charge is -2.28. The minimum atomic E-state index is -4.79. The van der Waals surface area contributed by atoms with E-state index in [1.807, 2.05) is 0 Å². The zero-order valence-electron chi connectivity index (χ0n) is 39.9. The van der Waals surface area contributed by atoms with Gasteiger partial charge < -0.3 is 9.47 Å². The molecule has 4 nitrogen and oxygen atoms in total. The molecule has 0 spiro atoms. The van der Waals surface area contributed by atoms with Crippen molar-refractivity contribution in [3.63, 3.8) is 0 Å². The van der Waals surface area contributed by atoms with Gasteiger partial charge in [-0.2, -0.15) is 26.3 Å². The van der Waals surface area contributed by atoms with E-state index in [1.165, 1.54) is 77.2 Å². The first-order valence-electron chi connectivity index (χ1n) is 24.4. The molecule has 10 heteroatoms. The number of rotatable bonds is 15. The Hall–Kier alpha value is -6.16. The fourth-order valence-corrected chi connectivity index (χ4v) is 10.5. The number of fused-ring (bicyclic) bond motifs is 2. The third-order valence-electron chi connectivity index (χ3n) is 14.6. The molecule has 366 valence electrons. The normalized spacial score (nSPS) is 18.7. The van der Waals surface area contributed by atoms with Crippen LogP contribution in [0.1, 0.15) is 95.9 Å². The average molecular weight is 959 g/mol. The number of alkyl halides is 6. The molecule has 0 bridgehead atoms. The first kappa shape index (κ1) is 50.2. The summed E-state index contributed by atoms with van der Waals surface area (Å²) in [5.41, 5.74) is 9.30. The molecule has 0 aliphatic heterocycles. The number of carbonyl (C=O) groups excluding carboxylic acids is 2. The van der Waals surface area contributed by atoms with Gasteiger partial charge in [-0.05, 0) is 181 Å². The van der Waals surface area contributed by atoms with Gasteiger partial charge in [-0.1, -0.05) is 133 Å². The quantitative estimate of drug-likeness (QED) is 0.0585. The summed E-state index contributed by atoms with van der Waals surface area (Å²) >= 11 is 0. The Morgan fingerprint density at radius 3 is 1.40 bits per heavy atom. The van der Waals surface area contributed by atoms with E-state index in [4.69, 9.17) is 9.47 Å². The van der Waals surface area contributed by atoms with Crippen molar-refractivity contribution >= 4 is 33.5 Å². The van der Waals surface area contributed by atoms with Crippen molar-refractivity contribution in [3.8, 4) is 11.1 Å². The second kappa shape index (κ2) is 21.5. The van der Waals surface area contributed by atoms with Gasteiger partial charge in [0.15, 0.2) is 0 Å². The van der Waals surface area contributed by atoms with E-state index < -0.39 is 35.4 Å². The van der Waals surface area contributed by atoms with E-state index in [9.17, 15) is 35.9 Å². The van der Waals surface area contributed by atoms with Gasteiger partial charge in [-0.15, -0.1) is 0 Å². The fraction of sp³-hybridized carbons (Fsp3) is 0.367. The topological polar surface area (TPSA) is 52.6 Å². The van der Waals surface area contributed by atoms with Crippen LogP contribution in [0.4, 0.5) is 26.3 Å². The molecular formula is C60H60F6O4. The second-order valence-electron chi connectivity index (χ2n) is 20.0. The average Bonchev–Trinajstić information content (AvgIpc) is 3.33. The van der Waals surface area contributed by atoms with E-state index in [0.717, 1.165) is 77.0 Å². The summed E-state index contributed by atoms with van der Waals surface area (Å²) in [4.78, 5) is 23.6. The Morgan fingerprint density at radius 1 is 0.486 bits per heavy atom. The lowest BCUT2D eigenvalue weighted by molar-refractivity contribution is -0.153. The van der Waals surface area contributed by atoms with Gasteiger partial charge in [0.1, 0.15) is 11.1 Å². The number of carbonyl (C=O) groups is 2. The van der Waals surface area contributed by atoms with Crippen LogP contribution in [0, 0.1) is 37.5 Å². The van der Waals surface area contributed by atoms with Crippen LogP contribution >= 0.6 is 0 Å². The maximum absolute atomic E-state index is 12.8. The molecule has 0 N–H and O–H groups in total. The van der Waals surface area contributed by atoms with Crippen molar-refractivity contribution in [1.82, 2.24) is 0 Å². The Kier molecular flexibility index (Phi) is 15.4. The van der Waals surface area contributed by atoms with Gasteiger partial charge in [0.2, 0.25) is 0 Å². The maximum Gasteiger partial charge on any atom is 0.422 e. The zero-order chi connectivity index (χ0) is 49.7. The van der Waals surface area contributed by atoms with E-state index in [0.29, 0.717) is 11.8 Å². The summed E-state index contributed by atoms with van der Waals surface area (Å²) in [6.07, 6.45) is 0.685. The van der Waals surface area contributed by atoms with Crippen molar-refractivity contribution in [3.05, 3.63) is 178 Å². The van der Waals surface area contributed by atoms with Crippen LogP contribution in [0.2, 0.25) is 0 Å². The SMILES string of the molecule is C=C(C(=O)OCC1CCC(Cc2ccc(Cc3cc(-c4c(Cc5ccc(CC6CCC(COC(=O)C(=C)C(F)(F)F)CC6)cc5)ccc5cc(C)ccc45)c4ccc(C)cc4c3)cc2)CC1)C(F)(F)F. The molecule has 0 atom stereocenters. The van der Waals surface area contributed by atoms with Crippen molar-refractivity contribution in [2.45, 2.75) is 103 Å². The molecule has 0 heterocycles. The predicted molar refractivity (Wildman–Crippen MR) is 265 cm³/mol. The molecule has 0 aromatic heterocycles. The largest absolute Gasteiger partial charge is 0.462 e. The molecule has 2 fully saturated rings. The van der Waals surface area contributed by atoms with Crippen molar-refractivity contribution in [2.75, 3.05) is 13.2 Å². The number of esters is 2. The summed E-state index contributed by atoms with van der Waals surface area (Å²) in [6, 6.07) is 40.4. The minimum absolute atomic E-state index is 0.0143. The van der Waals surface area contributed by atoms with Crippen LogP contribution in [-0.4, -0.2) is 37.5 Å². The van der Waals surface area contributed by atoms with Crippen molar-refractivity contribution in [2.24, 2.45) is 23.7 Å². The standard InChI is InChI=1S/C60H60F6O4/c1-37-6-26-54-50(27-37)23-24-51(32-46-13-11-42(12-14-46)30-44-17-21-48(22-18-44)36-70-58(68)40(4)60(64,65)66)56(54)55-34-49(33-52-28-38(2)5-25-53(52)55)31-45-9-7-41(8-10-45)29-43-15-19-47(20-16-43)35-69-57(67)39(3)59(61,62)63/h5-14,23-28,33-34,43-44,47-48H,3-4,15-22,29-32,35-36H2,1-2H3. The number of hydrogen-bond acceptors (Lipinski definition) is 4. The van der Waals surface area contributed by atoms with Gasteiger partial charge in [0.25, 0.3) is 0 Å². The first-order chi connectivity index (χ1) is 33.4. The molecule has 0 radical (unpaired) electrons. The highest BCUT2D eigenvalue weighted by Gasteiger charge is 2.39. The van der Waals surface area contributed by atoms with Crippen LogP contribution in [0.15, 0.2) is 133 Å². The summed E-state index contributed by atoms with van der Waals surface area (Å²) in [5, 5.41) is 4.80. The van der Waals surface area contributed by atoms with Crippen LogP contribution < -0.4 is 0 Å². The smallest absolute Gasteiger partial charge is 0.422 e. The van der Waals surface area contributed by atoms with Crippen LogP contribution in [0.5, 0.6) is 0 Å². The highest BCUT2D eigenvalue weighted by Crippen LogP contribution is 2.40. The third kappa shape index (κ3) is 12.6. The fourth-order valence-electron chi connectivity index (χ4n) is 10.5. The van der Waals surface area contributed by atoms with Crippen molar-refractivity contribution < 1.29 is 45.4 Å². The molecule has 70 heavy (non-hydrogen) atoms. The van der Waals surface area contributed by atoms with Crippen LogP contribution in [-0.2, 0) is 44.7 Å². The Balaban J connectivity index is 0.946. The van der Waals surface area contributed by atoms with E-state index in [-0.39, 0.29) is 25.0 Å². The number of halogens is 6. The molecule has 2 aliphatic carbocycles. The van der Waals surface area contributed by atoms with E-state index >= 15 is 0 Å². The molecule has 6 aromatic rings. The summed E-state index contributed by atoms with van der Waals surface area (Å²) < 4.78 is 86.9. The zero-order valence-corrected chi connectivity index (χ0v) is 39.9.